The second kappa shape index (κ2) is 13.4. The summed E-state index contributed by atoms with van der Waals surface area (Å²) < 4.78 is 5.75. The predicted octanol–water partition coefficient (Wildman–Crippen LogP) is 2.56. The first-order chi connectivity index (χ1) is 19.4. The second-order valence-corrected chi connectivity index (χ2v) is 13.0. The van der Waals surface area contributed by atoms with Crippen molar-refractivity contribution in [1.29, 1.82) is 0 Å². The Kier molecular flexibility index (Phi) is 10.2. The number of aryl methyl sites for hydroxylation is 1. The van der Waals surface area contributed by atoms with Gasteiger partial charge in [0.2, 0.25) is 17.7 Å². The third-order valence-electron chi connectivity index (χ3n) is 7.76. The number of carbonyl (C=O) groups is 3. The number of thiazole rings is 1. The lowest BCUT2D eigenvalue weighted by Crippen LogP contribution is -2.58. The number of amides is 3. The van der Waals surface area contributed by atoms with Gasteiger partial charge >= 0.3 is 0 Å². The number of likely N-dealkylation sites (tertiary alicyclic amines) is 1. The zero-order chi connectivity index (χ0) is 29.7. The van der Waals surface area contributed by atoms with E-state index < -0.39 is 23.6 Å². The summed E-state index contributed by atoms with van der Waals surface area (Å²) in [6, 6.07) is 5.94. The quantitative estimate of drug-likeness (QED) is 0.356. The lowest BCUT2D eigenvalue weighted by atomic mass is 9.85. The molecule has 0 bridgehead atoms. The Hall–Kier alpha value is -2.86. The number of benzene rings is 1. The molecular formula is C30H43N5O5S. The molecule has 224 valence electrons. The van der Waals surface area contributed by atoms with Crippen molar-refractivity contribution >= 4 is 29.1 Å². The molecule has 2 unspecified atom stereocenters. The van der Waals surface area contributed by atoms with Crippen LogP contribution in [0.5, 0.6) is 0 Å². The van der Waals surface area contributed by atoms with Crippen molar-refractivity contribution in [3.8, 4) is 10.4 Å². The fourth-order valence-electron chi connectivity index (χ4n) is 5.37. The van der Waals surface area contributed by atoms with Gasteiger partial charge in [0.25, 0.3) is 0 Å². The summed E-state index contributed by atoms with van der Waals surface area (Å²) in [4.78, 5) is 46.8. The standard InChI is InChI=1S/C30H43N5O5S/c1-18(20-8-10-21(11-9-20)26-19(2)32-17-41-26)33-28(38)24-13-22(36)15-35(24)29(39)27(30(3,4)5)34-25(37)16-40-23-7-6-12-31-14-23/h8-11,17-18,22-24,27,31,36H,6-7,12-16H2,1-5H3,(H,33,38)(H,34,37)/t18-,22+,23?,24-,27?/m0/s1. The van der Waals surface area contributed by atoms with Gasteiger partial charge in [0.15, 0.2) is 0 Å². The number of aliphatic hydroxyl groups is 1. The molecule has 2 aliphatic heterocycles. The number of ether oxygens (including phenoxy) is 1. The molecule has 4 rings (SSSR count). The molecule has 2 aromatic rings. The molecule has 41 heavy (non-hydrogen) atoms. The van der Waals surface area contributed by atoms with Gasteiger partial charge in [-0.1, -0.05) is 45.0 Å². The molecule has 1 aromatic heterocycles. The van der Waals surface area contributed by atoms with E-state index in [1.54, 1.807) is 11.3 Å². The molecule has 10 nitrogen and oxygen atoms in total. The largest absolute Gasteiger partial charge is 0.391 e. The Balaban J connectivity index is 1.39. The Bertz CT molecular complexity index is 1200. The van der Waals surface area contributed by atoms with Crippen molar-refractivity contribution in [2.75, 3.05) is 26.2 Å². The SMILES string of the molecule is Cc1ncsc1-c1ccc([C@H](C)NC(=O)[C@@H]2C[C@@H](O)CN2C(=O)C(NC(=O)COC2CCCNC2)C(C)(C)C)cc1. The fraction of sp³-hybridized carbons (Fsp3) is 0.600. The van der Waals surface area contributed by atoms with Gasteiger partial charge in [0, 0.05) is 19.5 Å². The van der Waals surface area contributed by atoms with Crippen LogP contribution in [-0.4, -0.2) is 83.2 Å². The molecule has 2 fully saturated rings. The van der Waals surface area contributed by atoms with E-state index in [4.69, 9.17) is 4.74 Å². The predicted molar refractivity (Wildman–Crippen MR) is 158 cm³/mol. The molecule has 0 spiro atoms. The Morgan fingerprint density at radius 2 is 1.95 bits per heavy atom. The number of aromatic nitrogens is 1. The van der Waals surface area contributed by atoms with E-state index in [-0.39, 0.29) is 49.4 Å². The van der Waals surface area contributed by atoms with E-state index in [1.165, 1.54) is 4.90 Å². The number of hydrogen-bond donors (Lipinski definition) is 4. The molecule has 0 aliphatic carbocycles. The van der Waals surface area contributed by atoms with Crippen molar-refractivity contribution in [1.82, 2.24) is 25.8 Å². The van der Waals surface area contributed by atoms with E-state index in [0.717, 1.165) is 41.1 Å². The summed E-state index contributed by atoms with van der Waals surface area (Å²) in [5.74, 6) is -1.11. The summed E-state index contributed by atoms with van der Waals surface area (Å²) in [7, 11) is 0. The first-order valence-corrected chi connectivity index (χ1v) is 15.2. The van der Waals surface area contributed by atoms with Gasteiger partial charge in [-0.15, -0.1) is 11.3 Å². The van der Waals surface area contributed by atoms with Crippen molar-refractivity contribution in [2.45, 2.75) is 84.2 Å². The minimum absolute atomic E-state index is 0.0287. The van der Waals surface area contributed by atoms with Gasteiger partial charge in [-0.05, 0) is 49.8 Å². The van der Waals surface area contributed by atoms with E-state index in [2.05, 4.69) is 20.9 Å². The van der Waals surface area contributed by atoms with Gasteiger partial charge < -0.3 is 30.7 Å². The van der Waals surface area contributed by atoms with Crippen molar-refractivity contribution < 1.29 is 24.2 Å². The van der Waals surface area contributed by atoms with Gasteiger partial charge in [-0.25, -0.2) is 4.98 Å². The van der Waals surface area contributed by atoms with E-state index in [1.807, 2.05) is 64.4 Å². The summed E-state index contributed by atoms with van der Waals surface area (Å²) in [5.41, 5.74) is 4.17. The molecule has 2 aliphatic rings. The Morgan fingerprint density at radius 1 is 1.22 bits per heavy atom. The van der Waals surface area contributed by atoms with Crippen LogP contribution in [-0.2, 0) is 19.1 Å². The van der Waals surface area contributed by atoms with Crippen LogP contribution in [0.1, 0.15) is 64.3 Å². The van der Waals surface area contributed by atoms with Gasteiger partial charge in [-0.2, -0.15) is 0 Å². The van der Waals surface area contributed by atoms with E-state index >= 15 is 0 Å². The maximum atomic E-state index is 13.8. The van der Waals surface area contributed by atoms with Crippen LogP contribution in [0.15, 0.2) is 29.8 Å². The van der Waals surface area contributed by atoms with E-state index in [0.29, 0.717) is 6.54 Å². The summed E-state index contributed by atoms with van der Waals surface area (Å²) in [6.45, 7) is 11.0. The average molecular weight is 586 g/mol. The number of nitrogens with zero attached hydrogens (tertiary/aromatic N) is 2. The Labute approximate surface area is 246 Å². The molecule has 3 amide bonds. The highest BCUT2D eigenvalue weighted by molar-refractivity contribution is 7.13. The molecule has 1 aromatic carbocycles. The first-order valence-electron chi connectivity index (χ1n) is 14.3. The molecule has 4 N–H and O–H groups in total. The molecule has 5 atom stereocenters. The molecule has 0 saturated carbocycles. The minimum atomic E-state index is -0.885. The zero-order valence-electron chi connectivity index (χ0n) is 24.6. The van der Waals surface area contributed by atoms with Gasteiger partial charge in [0.1, 0.15) is 18.7 Å². The molecule has 0 radical (unpaired) electrons. The van der Waals surface area contributed by atoms with Crippen LogP contribution in [0.2, 0.25) is 0 Å². The normalized spacial score (nSPS) is 22.7. The van der Waals surface area contributed by atoms with Gasteiger partial charge in [0.05, 0.1) is 34.3 Å². The molecule has 2 saturated heterocycles. The number of carbonyl (C=O) groups excluding carboxylic acids is 3. The van der Waals surface area contributed by atoms with Crippen molar-refractivity contribution in [3.63, 3.8) is 0 Å². The van der Waals surface area contributed by atoms with Crippen LogP contribution in [0, 0.1) is 12.3 Å². The summed E-state index contributed by atoms with van der Waals surface area (Å²) >= 11 is 1.59. The topological polar surface area (TPSA) is 133 Å². The third kappa shape index (κ3) is 7.91. The van der Waals surface area contributed by atoms with Crippen LogP contribution in [0.3, 0.4) is 0 Å². The van der Waals surface area contributed by atoms with Crippen molar-refractivity contribution in [3.05, 3.63) is 41.0 Å². The maximum Gasteiger partial charge on any atom is 0.246 e. The highest BCUT2D eigenvalue weighted by Gasteiger charge is 2.44. The second-order valence-electron chi connectivity index (χ2n) is 12.2. The van der Waals surface area contributed by atoms with Crippen LogP contribution >= 0.6 is 11.3 Å². The van der Waals surface area contributed by atoms with Crippen LogP contribution in [0.25, 0.3) is 10.4 Å². The number of β-amino-alcohol motifs (C(OH)–C–C–N with tert-alkyl or cyclic N) is 1. The number of hydrogen-bond acceptors (Lipinski definition) is 8. The fourth-order valence-corrected chi connectivity index (χ4v) is 6.19. The smallest absolute Gasteiger partial charge is 0.246 e. The number of aliphatic hydroxyl groups excluding tert-OH is 1. The minimum Gasteiger partial charge on any atom is -0.391 e. The summed E-state index contributed by atoms with van der Waals surface area (Å²) in [6.07, 6.45) is 1.16. The first kappa shape index (κ1) is 31.1. The monoisotopic (exact) mass is 585 g/mol. The molecule has 11 heteroatoms. The number of nitrogens with one attached hydrogen (secondary N) is 3. The molecule has 3 heterocycles. The lowest BCUT2D eigenvalue weighted by molar-refractivity contribution is -0.145. The van der Waals surface area contributed by atoms with Crippen LogP contribution in [0.4, 0.5) is 0 Å². The van der Waals surface area contributed by atoms with Gasteiger partial charge in [-0.3, -0.25) is 14.4 Å². The van der Waals surface area contributed by atoms with E-state index in [9.17, 15) is 19.5 Å². The maximum absolute atomic E-state index is 13.8. The molecular weight excluding hydrogens is 542 g/mol. The zero-order valence-corrected chi connectivity index (χ0v) is 25.4. The van der Waals surface area contributed by atoms with Crippen molar-refractivity contribution in [2.24, 2.45) is 5.41 Å². The average Bonchev–Trinajstić information content (AvgIpc) is 3.55. The Morgan fingerprint density at radius 3 is 2.56 bits per heavy atom. The highest BCUT2D eigenvalue weighted by Crippen LogP contribution is 2.29. The highest BCUT2D eigenvalue weighted by atomic mass is 32.1. The lowest BCUT2D eigenvalue weighted by Gasteiger charge is -2.35. The summed E-state index contributed by atoms with van der Waals surface area (Å²) in [5, 5.41) is 19.6. The number of piperidine rings is 1. The van der Waals surface area contributed by atoms with Crippen LogP contribution < -0.4 is 16.0 Å². The third-order valence-corrected chi connectivity index (χ3v) is 8.74. The number of rotatable bonds is 9.